The van der Waals surface area contributed by atoms with Gasteiger partial charge in [0.2, 0.25) is 0 Å². The molecule has 2 aromatic carbocycles. The van der Waals surface area contributed by atoms with E-state index < -0.39 is 17.5 Å². The molecule has 7 heteroatoms. The van der Waals surface area contributed by atoms with Crippen molar-refractivity contribution in [2.75, 3.05) is 0 Å². The first-order valence-corrected chi connectivity index (χ1v) is 7.26. The predicted molar refractivity (Wildman–Crippen MR) is 77.5 cm³/mol. The highest BCUT2D eigenvalue weighted by molar-refractivity contribution is 9.10. The molecule has 0 aliphatic rings. The fourth-order valence-corrected chi connectivity index (χ4v) is 2.59. The van der Waals surface area contributed by atoms with Crippen molar-refractivity contribution in [1.82, 2.24) is 0 Å². The monoisotopic (exact) mass is 428 g/mol. The van der Waals surface area contributed by atoms with Gasteiger partial charge >= 0.3 is 0 Å². The van der Waals surface area contributed by atoms with Gasteiger partial charge in [0, 0.05) is 6.07 Å². The lowest BCUT2D eigenvalue weighted by molar-refractivity contribution is 0.289. The molecular formula is C13H6Br2ClF3O. The highest BCUT2D eigenvalue weighted by Crippen LogP contribution is 2.32. The number of halogens is 6. The van der Waals surface area contributed by atoms with Crippen molar-refractivity contribution in [3.63, 3.8) is 0 Å². The Hall–Kier alpha value is -0.720. The van der Waals surface area contributed by atoms with E-state index in [-0.39, 0.29) is 27.4 Å². The smallest absolute Gasteiger partial charge is 0.146 e. The molecule has 0 fully saturated rings. The van der Waals surface area contributed by atoms with E-state index in [0.717, 1.165) is 12.1 Å². The molecule has 0 aliphatic carbocycles. The molecule has 0 aliphatic heterocycles. The van der Waals surface area contributed by atoms with Gasteiger partial charge in [-0.2, -0.15) is 0 Å². The summed E-state index contributed by atoms with van der Waals surface area (Å²) in [4.78, 5) is 0. The largest absolute Gasteiger partial charge is 0.487 e. The minimum absolute atomic E-state index is 0.0796. The zero-order chi connectivity index (χ0) is 14.9. The Morgan fingerprint density at radius 3 is 2.40 bits per heavy atom. The van der Waals surface area contributed by atoms with Crippen molar-refractivity contribution >= 4 is 43.5 Å². The van der Waals surface area contributed by atoms with Crippen LogP contribution in [0.3, 0.4) is 0 Å². The Morgan fingerprint density at radius 1 is 1.00 bits per heavy atom. The normalized spacial score (nSPS) is 10.7. The Morgan fingerprint density at radius 2 is 1.70 bits per heavy atom. The second-order valence-corrected chi connectivity index (χ2v) is 5.92. The fourth-order valence-electron chi connectivity index (χ4n) is 1.47. The first-order chi connectivity index (χ1) is 9.40. The highest BCUT2D eigenvalue weighted by atomic mass is 79.9. The van der Waals surface area contributed by atoms with E-state index in [4.69, 9.17) is 16.3 Å². The maximum absolute atomic E-state index is 13.7. The van der Waals surface area contributed by atoms with Crippen LogP contribution in [0.4, 0.5) is 13.2 Å². The zero-order valence-electron chi connectivity index (χ0n) is 9.69. The van der Waals surface area contributed by atoms with Gasteiger partial charge < -0.3 is 4.74 Å². The van der Waals surface area contributed by atoms with Gasteiger partial charge in [-0.05, 0) is 50.1 Å². The van der Waals surface area contributed by atoms with Gasteiger partial charge in [0.25, 0.3) is 0 Å². The quantitative estimate of drug-likeness (QED) is 0.554. The van der Waals surface area contributed by atoms with Crippen LogP contribution in [0, 0.1) is 17.5 Å². The summed E-state index contributed by atoms with van der Waals surface area (Å²) in [5, 5.41) is -0.0796. The van der Waals surface area contributed by atoms with E-state index in [9.17, 15) is 13.2 Å². The third-order valence-corrected chi connectivity index (χ3v) is 4.01. The summed E-state index contributed by atoms with van der Waals surface area (Å²) < 4.78 is 46.3. The Balaban J connectivity index is 2.26. The molecule has 0 radical (unpaired) electrons. The van der Waals surface area contributed by atoms with Crippen LogP contribution in [0.2, 0.25) is 5.02 Å². The molecule has 20 heavy (non-hydrogen) atoms. The maximum atomic E-state index is 13.7. The third-order valence-electron chi connectivity index (χ3n) is 2.49. The van der Waals surface area contributed by atoms with Crippen LogP contribution < -0.4 is 4.74 Å². The average molecular weight is 430 g/mol. The lowest BCUT2D eigenvalue weighted by Crippen LogP contribution is -2.03. The van der Waals surface area contributed by atoms with Crippen LogP contribution >= 0.6 is 43.5 Å². The van der Waals surface area contributed by atoms with Crippen molar-refractivity contribution in [2.24, 2.45) is 0 Å². The number of ether oxygens (including phenoxy) is 1. The zero-order valence-corrected chi connectivity index (χ0v) is 13.6. The van der Waals surface area contributed by atoms with Gasteiger partial charge in [-0.1, -0.05) is 11.6 Å². The van der Waals surface area contributed by atoms with Crippen molar-refractivity contribution in [2.45, 2.75) is 6.61 Å². The summed E-state index contributed by atoms with van der Waals surface area (Å²) in [6.45, 7) is -0.378. The van der Waals surface area contributed by atoms with E-state index >= 15 is 0 Å². The average Bonchev–Trinajstić information content (AvgIpc) is 2.40. The van der Waals surface area contributed by atoms with Crippen LogP contribution in [-0.4, -0.2) is 0 Å². The molecule has 0 spiro atoms. The molecule has 0 saturated carbocycles. The van der Waals surface area contributed by atoms with Crippen LogP contribution in [0.25, 0.3) is 0 Å². The predicted octanol–water partition coefficient (Wildman–Crippen LogP) is 5.86. The van der Waals surface area contributed by atoms with Gasteiger partial charge in [0.1, 0.15) is 29.8 Å². The summed E-state index contributed by atoms with van der Waals surface area (Å²) in [5.41, 5.74) is -0.248. The summed E-state index contributed by atoms with van der Waals surface area (Å²) >= 11 is 11.7. The molecule has 0 atom stereocenters. The second-order valence-electron chi connectivity index (χ2n) is 3.81. The molecule has 2 rings (SSSR count). The molecule has 0 N–H and O–H groups in total. The second kappa shape index (κ2) is 6.37. The van der Waals surface area contributed by atoms with Crippen molar-refractivity contribution in [3.8, 4) is 5.75 Å². The Labute approximate surface area is 135 Å². The molecule has 0 unspecified atom stereocenters. The molecule has 0 bridgehead atoms. The van der Waals surface area contributed by atoms with E-state index in [1.54, 1.807) is 0 Å². The van der Waals surface area contributed by atoms with Crippen LogP contribution in [0.5, 0.6) is 5.75 Å². The van der Waals surface area contributed by atoms with Gasteiger partial charge in [-0.25, -0.2) is 13.2 Å². The van der Waals surface area contributed by atoms with Crippen LogP contribution in [0.1, 0.15) is 5.56 Å². The molecule has 0 amide bonds. The minimum Gasteiger partial charge on any atom is -0.487 e. The van der Waals surface area contributed by atoms with Crippen LogP contribution in [-0.2, 0) is 6.61 Å². The van der Waals surface area contributed by atoms with Crippen molar-refractivity contribution < 1.29 is 17.9 Å². The lowest BCUT2D eigenvalue weighted by Gasteiger charge is -2.11. The Kier molecular flexibility index (Phi) is 4.99. The van der Waals surface area contributed by atoms with Crippen molar-refractivity contribution in [1.29, 1.82) is 0 Å². The molecule has 0 aromatic heterocycles. The number of benzene rings is 2. The molecule has 0 saturated heterocycles. The van der Waals surface area contributed by atoms with Crippen molar-refractivity contribution in [3.05, 3.63) is 61.2 Å². The van der Waals surface area contributed by atoms with E-state index in [1.807, 2.05) is 0 Å². The number of hydrogen-bond acceptors (Lipinski definition) is 1. The van der Waals surface area contributed by atoms with Gasteiger partial charge in [0.05, 0.1) is 19.5 Å². The van der Waals surface area contributed by atoms with Crippen LogP contribution in [0.15, 0.2) is 33.2 Å². The molecule has 106 valence electrons. The lowest BCUT2D eigenvalue weighted by atomic mass is 10.2. The summed E-state index contributed by atoms with van der Waals surface area (Å²) in [6, 6.07) is 4.72. The van der Waals surface area contributed by atoms with Gasteiger partial charge in [-0.15, -0.1) is 0 Å². The fraction of sp³-hybridized carbons (Fsp3) is 0.0769. The number of rotatable bonds is 3. The van der Waals surface area contributed by atoms with E-state index in [2.05, 4.69) is 31.9 Å². The summed E-state index contributed by atoms with van der Waals surface area (Å²) in [6.07, 6.45) is 0. The highest BCUT2D eigenvalue weighted by Gasteiger charge is 2.14. The third kappa shape index (κ3) is 3.30. The van der Waals surface area contributed by atoms with Gasteiger partial charge in [-0.3, -0.25) is 0 Å². The molecule has 2 aromatic rings. The number of hydrogen-bond donors (Lipinski definition) is 0. The first-order valence-electron chi connectivity index (χ1n) is 5.30. The molecule has 1 nitrogen and oxygen atoms in total. The van der Waals surface area contributed by atoms with E-state index in [0.29, 0.717) is 4.47 Å². The first kappa shape index (κ1) is 15.7. The topological polar surface area (TPSA) is 9.23 Å². The maximum Gasteiger partial charge on any atom is 0.146 e. The molecule has 0 heterocycles. The SMILES string of the molecule is Fc1cc(OCc2c(F)ccc(Br)c2F)c(Br)cc1Cl. The Bertz CT molecular complexity index is 665. The standard InChI is InChI=1S/C13H6Br2ClF3O/c14-7-1-2-10(17)6(13(7)19)5-20-12-4-11(18)9(16)3-8(12)15/h1-4H,5H2. The summed E-state index contributed by atoms with van der Waals surface area (Å²) in [7, 11) is 0. The molecular weight excluding hydrogens is 424 g/mol. The minimum atomic E-state index is -0.754. The van der Waals surface area contributed by atoms with E-state index in [1.165, 1.54) is 12.1 Å². The van der Waals surface area contributed by atoms with Gasteiger partial charge in [0.15, 0.2) is 0 Å². The summed E-state index contributed by atoms with van der Waals surface area (Å²) in [5.74, 6) is -2.07.